The van der Waals surface area contributed by atoms with Crippen molar-refractivity contribution in [3.63, 3.8) is 0 Å². The normalized spacial score (nSPS) is 10.7. The first-order valence-electron chi connectivity index (χ1n) is 6.41. The molecule has 0 aliphatic rings. The third-order valence-electron chi connectivity index (χ3n) is 2.92. The van der Waals surface area contributed by atoms with Crippen molar-refractivity contribution < 1.29 is 9.90 Å². The fourth-order valence-electron chi connectivity index (χ4n) is 1.89. The summed E-state index contributed by atoms with van der Waals surface area (Å²) in [5.41, 5.74) is 1.49. The summed E-state index contributed by atoms with van der Waals surface area (Å²) in [4.78, 5) is 13.9. The highest BCUT2D eigenvalue weighted by Crippen LogP contribution is 2.16. The fourth-order valence-corrected chi connectivity index (χ4v) is 1.89. The van der Waals surface area contributed by atoms with Gasteiger partial charge in [0.05, 0.1) is 5.56 Å². The maximum Gasteiger partial charge on any atom is 0.190 e. The number of phenolic OH excluding ortho intramolecular Hbond substituents is 1. The molecule has 0 saturated heterocycles. The fraction of sp³-hybridized carbons (Fsp3) is 0.118. The van der Waals surface area contributed by atoms with Gasteiger partial charge in [0.15, 0.2) is 5.78 Å². The van der Waals surface area contributed by atoms with Crippen LogP contribution < -0.4 is 0 Å². The first-order valence-corrected chi connectivity index (χ1v) is 6.41. The van der Waals surface area contributed by atoms with Gasteiger partial charge >= 0.3 is 0 Å². The van der Waals surface area contributed by atoms with Gasteiger partial charge in [-0.05, 0) is 17.7 Å². The Morgan fingerprint density at radius 1 is 1.10 bits per heavy atom. The topological polar surface area (TPSA) is 40.5 Å². The number of benzene rings is 2. The highest BCUT2D eigenvalue weighted by Gasteiger charge is 2.06. The van der Waals surface area contributed by atoms with Gasteiger partial charge in [-0.15, -0.1) is 0 Å². The van der Waals surface area contributed by atoms with Gasteiger partial charge in [-0.2, -0.15) is 0 Å². The molecule has 1 N–H and O–H groups in total. The van der Waals surface area contributed by atoms with Gasteiger partial charge in [-0.25, -0.2) is 0 Å². The van der Waals surface area contributed by atoms with E-state index in [1.165, 1.54) is 17.7 Å². The lowest BCUT2D eigenvalue weighted by Crippen LogP contribution is -2.10. The van der Waals surface area contributed by atoms with E-state index in [2.05, 4.69) is 0 Å². The number of carbonyl (C=O) groups is 1. The molecule has 2 rings (SSSR count). The van der Waals surface area contributed by atoms with E-state index in [-0.39, 0.29) is 11.5 Å². The van der Waals surface area contributed by atoms with E-state index >= 15 is 0 Å². The van der Waals surface area contributed by atoms with Crippen molar-refractivity contribution in [3.05, 3.63) is 78.0 Å². The third kappa shape index (κ3) is 3.72. The van der Waals surface area contributed by atoms with E-state index in [1.807, 2.05) is 42.3 Å². The van der Waals surface area contributed by atoms with Crippen molar-refractivity contribution in [1.29, 1.82) is 0 Å². The number of aromatic hydroxyl groups is 1. The maximum atomic E-state index is 11.9. The summed E-state index contributed by atoms with van der Waals surface area (Å²) in [5, 5.41) is 9.61. The van der Waals surface area contributed by atoms with E-state index in [1.54, 1.807) is 24.4 Å². The van der Waals surface area contributed by atoms with Crippen LogP contribution in [0.4, 0.5) is 0 Å². The third-order valence-corrected chi connectivity index (χ3v) is 2.92. The second kappa shape index (κ2) is 6.57. The van der Waals surface area contributed by atoms with Gasteiger partial charge in [0.25, 0.3) is 0 Å². The summed E-state index contributed by atoms with van der Waals surface area (Å²) in [6.45, 7) is 0.728. The number of para-hydroxylation sites is 1. The van der Waals surface area contributed by atoms with Crippen LogP contribution in [0.25, 0.3) is 0 Å². The molecule has 0 radical (unpaired) electrons. The number of allylic oxidation sites excluding steroid dienone is 1. The number of hydrogen-bond donors (Lipinski definition) is 1. The summed E-state index contributed by atoms with van der Waals surface area (Å²) in [7, 11) is 1.90. The number of rotatable bonds is 5. The van der Waals surface area contributed by atoms with Gasteiger partial charge in [-0.1, -0.05) is 42.5 Å². The van der Waals surface area contributed by atoms with Crippen LogP contribution in [-0.4, -0.2) is 22.8 Å². The molecule has 0 bridgehead atoms. The quantitative estimate of drug-likeness (QED) is 0.668. The van der Waals surface area contributed by atoms with Crippen molar-refractivity contribution in [2.24, 2.45) is 0 Å². The number of hydrogen-bond acceptors (Lipinski definition) is 3. The largest absolute Gasteiger partial charge is 0.507 e. The van der Waals surface area contributed by atoms with Gasteiger partial charge in [0.2, 0.25) is 0 Å². The molecule has 0 amide bonds. The smallest absolute Gasteiger partial charge is 0.190 e. The monoisotopic (exact) mass is 267 g/mol. The summed E-state index contributed by atoms with van der Waals surface area (Å²) < 4.78 is 0. The Kier molecular flexibility index (Phi) is 4.56. The molecule has 0 aromatic heterocycles. The number of carbonyl (C=O) groups excluding carboxylic acids is 1. The molecule has 0 saturated carbocycles. The van der Waals surface area contributed by atoms with Crippen molar-refractivity contribution in [1.82, 2.24) is 4.90 Å². The highest BCUT2D eigenvalue weighted by molar-refractivity contribution is 6.06. The Morgan fingerprint density at radius 3 is 2.45 bits per heavy atom. The van der Waals surface area contributed by atoms with E-state index in [4.69, 9.17) is 0 Å². The summed E-state index contributed by atoms with van der Waals surface area (Å²) >= 11 is 0. The lowest BCUT2D eigenvalue weighted by atomic mass is 10.1. The average Bonchev–Trinajstić information content (AvgIpc) is 2.46. The molecule has 102 valence electrons. The molecule has 3 nitrogen and oxygen atoms in total. The second-order valence-electron chi connectivity index (χ2n) is 4.60. The van der Waals surface area contributed by atoms with E-state index in [9.17, 15) is 9.90 Å². The molecule has 2 aromatic rings. The maximum absolute atomic E-state index is 11.9. The predicted molar refractivity (Wildman–Crippen MR) is 79.5 cm³/mol. The van der Waals surface area contributed by atoms with E-state index < -0.39 is 0 Å². The summed E-state index contributed by atoms with van der Waals surface area (Å²) in [5.74, 6) is -0.198. The van der Waals surface area contributed by atoms with Crippen molar-refractivity contribution in [2.45, 2.75) is 6.54 Å². The van der Waals surface area contributed by atoms with Crippen molar-refractivity contribution in [3.8, 4) is 5.75 Å². The minimum Gasteiger partial charge on any atom is -0.507 e. The molecule has 2 aromatic carbocycles. The molecule has 0 aliphatic heterocycles. The van der Waals surface area contributed by atoms with Crippen LogP contribution >= 0.6 is 0 Å². The average molecular weight is 267 g/mol. The number of ketones is 1. The number of nitrogens with zero attached hydrogens (tertiary/aromatic N) is 1. The Labute approximate surface area is 118 Å². The predicted octanol–water partition coefficient (Wildman–Crippen LogP) is 3.22. The van der Waals surface area contributed by atoms with E-state index in [0.29, 0.717) is 5.56 Å². The standard InChI is InChI=1S/C17H17NO2/c1-18(13-14-7-3-2-4-8-14)12-11-17(20)15-9-5-6-10-16(15)19/h2-12,19H,13H2,1H3. The van der Waals surface area contributed by atoms with E-state index in [0.717, 1.165) is 6.54 Å². The van der Waals surface area contributed by atoms with Gasteiger partial charge < -0.3 is 10.0 Å². The minimum atomic E-state index is -0.206. The Morgan fingerprint density at radius 2 is 1.75 bits per heavy atom. The first-order chi connectivity index (χ1) is 9.66. The molecular weight excluding hydrogens is 250 g/mol. The first kappa shape index (κ1) is 13.9. The zero-order valence-electron chi connectivity index (χ0n) is 11.4. The van der Waals surface area contributed by atoms with Crippen LogP contribution in [0.2, 0.25) is 0 Å². The zero-order valence-corrected chi connectivity index (χ0v) is 11.4. The Bertz CT molecular complexity index is 605. The molecule has 0 heterocycles. The Balaban J connectivity index is 1.99. The van der Waals surface area contributed by atoms with Crippen LogP contribution in [0.5, 0.6) is 5.75 Å². The molecule has 0 unspecified atom stereocenters. The molecule has 0 fully saturated rings. The zero-order chi connectivity index (χ0) is 14.4. The van der Waals surface area contributed by atoms with Gasteiger partial charge in [0.1, 0.15) is 5.75 Å². The van der Waals surface area contributed by atoms with Gasteiger partial charge in [0, 0.05) is 25.9 Å². The van der Waals surface area contributed by atoms with Crippen LogP contribution in [0, 0.1) is 0 Å². The van der Waals surface area contributed by atoms with Crippen LogP contribution in [-0.2, 0) is 6.54 Å². The summed E-state index contributed by atoms with van der Waals surface area (Å²) in [6.07, 6.45) is 3.19. The molecule has 20 heavy (non-hydrogen) atoms. The minimum absolute atomic E-state index is 0.00728. The van der Waals surface area contributed by atoms with Crippen molar-refractivity contribution in [2.75, 3.05) is 7.05 Å². The Hall–Kier alpha value is -2.55. The molecule has 0 atom stereocenters. The second-order valence-corrected chi connectivity index (χ2v) is 4.60. The molecular formula is C17H17NO2. The van der Waals surface area contributed by atoms with Crippen LogP contribution in [0.3, 0.4) is 0 Å². The lowest BCUT2D eigenvalue weighted by Gasteiger charge is -2.13. The molecule has 3 heteroatoms. The van der Waals surface area contributed by atoms with Crippen LogP contribution in [0.15, 0.2) is 66.9 Å². The SMILES string of the molecule is CN(C=CC(=O)c1ccccc1O)Cc1ccccc1. The van der Waals surface area contributed by atoms with Crippen LogP contribution in [0.1, 0.15) is 15.9 Å². The van der Waals surface area contributed by atoms with Crippen molar-refractivity contribution >= 4 is 5.78 Å². The number of phenols is 1. The molecule has 0 spiro atoms. The molecule has 0 aliphatic carbocycles. The lowest BCUT2D eigenvalue weighted by molar-refractivity contribution is 0.104. The summed E-state index contributed by atoms with van der Waals surface area (Å²) in [6, 6.07) is 16.6. The highest BCUT2D eigenvalue weighted by atomic mass is 16.3. The van der Waals surface area contributed by atoms with Gasteiger partial charge in [-0.3, -0.25) is 4.79 Å².